The van der Waals surface area contributed by atoms with Crippen LogP contribution in [0.3, 0.4) is 0 Å². The number of anilines is 2. The van der Waals surface area contributed by atoms with E-state index >= 15 is 0 Å². The van der Waals surface area contributed by atoms with Crippen molar-refractivity contribution in [3.8, 4) is 0 Å². The number of fused-ring (bicyclic) bond motifs is 1. The van der Waals surface area contributed by atoms with E-state index in [1.165, 1.54) is 43.5 Å². The number of amides is 1. The van der Waals surface area contributed by atoms with Gasteiger partial charge in [0.25, 0.3) is 5.69 Å². The summed E-state index contributed by atoms with van der Waals surface area (Å²) in [5.41, 5.74) is 1.70. The number of benzene rings is 2. The molecular weight excluding hydrogens is 369 g/mol. The predicted molar refractivity (Wildman–Crippen MR) is 99.7 cm³/mol. The zero-order valence-electron chi connectivity index (χ0n) is 15.0. The first-order valence-electron chi connectivity index (χ1n) is 8.57. The minimum atomic E-state index is -0.796. The van der Waals surface area contributed by atoms with Gasteiger partial charge in [-0.05, 0) is 35.7 Å². The van der Waals surface area contributed by atoms with Crippen LogP contribution in [-0.4, -0.2) is 30.5 Å². The summed E-state index contributed by atoms with van der Waals surface area (Å²) in [6.45, 7) is -0.00806. The van der Waals surface area contributed by atoms with Crippen LogP contribution in [0.15, 0.2) is 36.4 Å². The van der Waals surface area contributed by atoms with Crippen molar-refractivity contribution in [2.45, 2.75) is 18.8 Å². The normalized spacial score (nSPS) is 13.9. The summed E-state index contributed by atoms with van der Waals surface area (Å²) in [6, 6.07) is 8.27. The molecule has 0 radical (unpaired) electrons. The fourth-order valence-electron chi connectivity index (χ4n) is 3.09. The molecule has 0 fully saturated rings. The lowest BCUT2D eigenvalue weighted by Crippen LogP contribution is -2.23. The van der Waals surface area contributed by atoms with Gasteiger partial charge in [0.2, 0.25) is 5.91 Å². The van der Waals surface area contributed by atoms with Crippen molar-refractivity contribution in [2.75, 3.05) is 24.3 Å². The molecule has 0 saturated heterocycles. The number of nitro benzene ring substituents is 1. The standard InChI is InChI=1S/C19H18FN3O5/c1-28-19(25)14(11-2-5-13(20)6-3-11)10-21-16-9-15-12(4-7-18(24)22-15)8-17(16)23(26)27/h2-3,5-6,8-9,14,21H,4,7,10H2,1H3,(H,22,24). The topological polar surface area (TPSA) is 111 Å². The lowest BCUT2D eigenvalue weighted by atomic mass is 9.98. The summed E-state index contributed by atoms with van der Waals surface area (Å²) in [6.07, 6.45) is 0.689. The van der Waals surface area contributed by atoms with Crippen molar-refractivity contribution in [2.24, 2.45) is 0 Å². The maximum absolute atomic E-state index is 13.2. The number of carbonyl (C=O) groups is 2. The predicted octanol–water partition coefficient (Wildman–Crippen LogP) is 2.99. The second kappa shape index (κ2) is 8.03. The Morgan fingerprint density at radius 2 is 2.04 bits per heavy atom. The highest BCUT2D eigenvalue weighted by Crippen LogP contribution is 2.34. The van der Waals surface area contributed by atoms with E-state index in [1.54, 1.807) is 0 Å². The van der Waals surface area contributed by atoms with Crippen molar-refractivity contribution in [1.29, 1.82) is 0 Å². The number of nitro groups is 1. The van der Waals surface area contributed by atoms with Crippen LogP contribution in [0.5, 0.6) is 0 Å². The molecule has 1 aliphatic heterocycles. The van der Waals surface area contributed by atoms with Crippen LogP contribution in [-0.2, 0) is 20.7 Å². The Hall–Kier alpha value is -3.49. The van der Waals surface area contributed by atoms with E-state index in [2.05, 4.69) is 10.6 Å². The molecule has 9 heteroatoms. The van der Waals surface area contributed by atoms with Crippen molar-refractivity contribution >= 4 is 28.9 Å². The fraction of sp³-hybridized carbons (Fsp3) is 0.263. The highest BCUT2D eigenvalue weighted by molar-refractivity contribution is 5.95. The second-order valence-electron chi connectivity index (χ2n) is 6.34. The number of aryl methyl sites for hydroxylation is 1. The molecule has 0 aromatic heterocycles. The van der Waals surface area contributed by atoms with E-state index in [9.17, 15) is 24.1 Å². The minimum absolute atomic E-state index is 0.00806. The first-order valence-corrected chi connectivity index (χ1v) is 8.57. The first-order chi connectivity index (χ1) is 13.4. The van der Waals surface area contributed by atoms with Crippen LogP contribution in [0, 0.1) is 15.9 Å². The first kappa shape index (κ1) is 19.3. The minimum Gasteiger partial charge on any atom is -0.468 e. The number of nitrogens with zero attached hydrogens (tertiary/aromatic N) is 1. The smallest absolute Gasteiger partial charge is 0.314 e. The Bertz CT molecular complexity index is 930. The van der Waals surface area contributed by atoms with E-state index in [0.717, 1.165) is 0 Å². The molecule has 2 aromatic carbocycles. The van der Waals surface area contributed by atoms with E-state index in [-0.39, 0.29) is 30.2 Å². The molecule has 146 valence electrons. The van der Waals surface area contributed by atoms with Gasteiger partial charge in [-0.15, -0.1) is 0 Å². The Labute approximate surface area is 159 Å². The average Bonchev–Trinajstić information content (AvgIpc) is 2.68. The number of hydrogen-bond donors (Lipinski definition) is 2. The molecule has 2 aromatic rings. The number of nitrogens with one attached hydrogen (secondary N) is 2. The van der Waals surface area contributed by atoms with Gasteiger partial charge in [-0.2, -0.15) is 0 Å². The summed E-state index contributed by atoms with van der Waals surface area (Å²) in [7, 11) is 1.23. The van der Waals surface area contributed by atoms with Crippen molar-refractivity contribution in [3.63, 3.8) is 0 Å². The highest BCUT2D eigenvalue weighted by Gasteiger charge is 2.25. The molecule has 28 heavy (non-hydrogen) atoms. The third-order valence-corrected chi connectivity index (χ3v) is 4.57. The quantitative estimate of drug-likeness (QED) is 0.448. The molecule has 0 spiro atoms. The van der Waals surface area contributed by atoms with Gasteiger partial charge in [0.1, 0.15) is 11.5 Å². The number of halogens is 1. The number of carbonyl (C=O) groups excluding carboxylic acids is 2. The zero-order valence-corrected chi connectivity index (χ0v) is 15.0. The van der Waals surface area contributed by atoms with Crippen molar-refractivity contribution in [3.05, 3.63) is 63.5 Å². The molecule has 1 heterocycles. The van der Waals surface area contributed by atoms with Crippen molar-refractivity contribution < 1.29 is 23.6 Å². The molecule has 1 atom stereocenters. The zero-order chi connectivity index (χ0) is 20.3. The molecule has 2 N–H and O–H groups in total. The van der Waals surface area contributed by atoms with E-state index < -0.39 is 22.6 Å². The largest absolute Gasteiger partial charge is 0.468 e. The fourth-order valence-corrected chi connectivity index (χ4v) is 3.09. The Balaban J connectivity index is 1.89. The van der Waals surface area contributed by atoms with Gasteiger partial charge in [-0.1, -0.05) is 12.1 Å². The van der Waals surface area contributed by atoms with Gasteiger partial charge in [0.05, 0.1) is 18.0 Å². The van der Waals surface area contributed by atoms with Crippen LogP contribution in [0.2, 0.25) is 0 Å². The van der Waals surface area contributed by atoms with E-state index in [1.807, 2.05) is 0 Å². The summed E-state index contributed by atoms with van der Waals surface area (Å²) in [5, 5.41) is 17.1. The Kier molecular flexibility index (Phi) is 5.53. The van der Waals surface area contributed by atoms with Gasteiger partial charge >= 0.3 is 5.97 Å². The molecule has 1 unspecified atom stereocenters. The highest BCUT2D eigenvalue weighted by atomic mass is 19.1. The Morgan fingerprint density at radius 1 is 1.32 bits per heavy atom. The maximum atomic E-state index is 13.2. The lowest BCUT2D eigenvalue weighted by molar-refractivity contribution is -0.384. The maximum Gasteiger partial charge on any atom is 0.314 e. The Morgan fingerprint density at radius 3 is 2.68 bits per heavy atom. The molecule has 1 amide bonds. The molecule has 0 aliphatic carbocycles. The van der Waals surface area contributed by atoms with Gasteiger partial charge in [-0.3, -0.25) is 19.7 Å². The molecule has 1 aliphatic rings. The van der Waals surface area contributed by atoms with Crippen LogP contribution in [0.1, 0.15) is 23.5 Å². The number of ether oxygens (including phenoxy) is 1. The number of methoxy groups -OCH3 is 1. The summed E-state index contributed by atoms with van der Waals surface area (Å²) in [5.74, 6) is -1.96. The molecule has 0 saturated carbocycles. The van der Waals surface area contributed by atoms with E-state index in [0.29, 0.717) is 23.2 Å². The van der Waals surface area contributed by atoms with Gasteiger partial charge in [-0.25, -0.2) is 4.39 Å². The van der Waals surface area contributed by atoms with Crippen LogP contribution >= 0.6 is 0 Å². The SMILES string of the molecule is COC(=O)C(CNc1cc2c(cc1[N+](=O)[O-])CCC(=O)N2)c1ccc(F)cc1. The number of rotatable bonds is 6. The molecule has 3 rings (SSSR count). The summed E-state index contributed by atoms with van der Waals surface area (Å²) in [4.78, 5) is 34.7. The van der Waals surface area contributed by atoms with Crippen LogP contribution in [0.25, 0.3) is 0 Å². The molecular formula is C19H18FN3O5. The second-order valence-corrected chi connectivity index (χ2v) is 6.34. The molecule has 0 bridgehead atoms. The van der Waals surface area contributed by atoms with E-state index in [4.69, 9.17) is 4.74 Å². The number of esters is 1. The van der Waals surface area contributed by atoms with Gasteiger partial charge < -0.3 is 15.4 Å². The average molecular weight is 387 g/mol. The monoisotopic (exact) mass is 387 g/mol. The number of hydrogen-bond acceptors (Lipinski definition) is 6. The van der Waals surface area contributed by atoms with Crippen LogP contribution in [0.4, 0.5) is 21.5 Å². The van der Waals surface area contributed by atoms with Crippen molar-refractivity contribution in [1.82, 2.24) is 0 Å². The third kappa shape index (κ3) is 4.08. The summed E-state index contributed by atoms with van der Waals surface area (Å²) < 4.78 is 18.0. The third-order valence-electron chi connectivity index (χ3n) is 4.57. The van der Waals surface area contributed by atoms with Gasteiger partial charge in [0.15, 0.2) is 0 Å². The summed E-state index contributed by atoms with van der Waals surface area (Å²) >= 11 is 0. The molecule has 8 nitrogen and oxygen atoms in total. The van der Waals surface area contributed by atoms with Crippen LogP contribution < -0.4 is 10.6 Å². The van der Waals surface area contributed by atoms with Gasteiger partial charge in [0, 0.05) is 24.7 Å². The lowest BCUT2D eigenvalue weighted by Gasteiger charge is -2.20.